The minimum Gasteiger partial charge on any atom is -0.369 e. The van der Waals surface area contributed by atoms with Gasteiger partial charge >= 0.3 is 0 Å². The third kappa shape index (κ3) is 2.16. The topological polar surface area (TPSA) is 58.9 Å². The van der Waals surface area contributed by atoms with Crippen LogP contribution >= 0.6 is 0 Å². The number of nitrogens with one attached hydrogen (secondary N) is 1. The minimum absolute atomic E-state index is 0.150. The number of H-pyrrole nitrogens is 1. The van der Waals surface area contributed by atoms with E-state index in [9.17, 15) is 9.18 Å². The first kappa shape index (κ1) is 12.4. The largest absolute Gasteiger partial charge is 0.369 e. The number of rotatable bonds is 3. The van der Waals surface area contributed by atoms with Gasteiger partial charge in [-0.25, -0.2) is 4.39 Å². The van der Waals surface area contributed by atoms with Gasteiger partial charge in [0, 0.05) is 10.9 Å². The molecule has 0 spiro atoms. The molecule has 2 aromatic carbocycles. The lowest BCUT2D eigenvalue weighted by Crippen LogP contribution is -2.13. The van der Waals surface area contributed by atoms with Crippen LogP contribution in [0.15, 0.2) is 48.5 Å². The Morgan fingerprint density at radius 2 is 1.80 bits per heavy atom. The molecule has 0 saturated carbocycles. The molecule has 4 heteroatoms. The highest BCUT2D eigenvalue weighted by atomic mass is 19.1. The van der Waals surface area contributed by atoms with Crippen LogP contribution in [0.3, 0.4) is 0 Å². The molecule has 1 aromatic heterocycles. The quantitative estimate of drug-likeness (QED) is 0.753. The molecule has 0 fully saturated rings. The van der Waals surface area contributed by atoms with Crippen LogP contribution in [0.4, 0.5) is 4.39 Å². The van der Waals surface area contributed by atoms with E-state index in [1.807, 2.05) is 24.3 Å². The molecule has 0 bridgehead atoms. The van der Waals surface area contributed by atoms with Crippen LogP contribution in [0.25, 0.3) is 22.2 Å². The minimum atomic E-state index is -0.391. The summed E-state index contributed by atoms with van der Waals surface area (Å²) in [5, 5.41) is 0.964. The standard InChI is InChI=1S/C16H13FN2O/c17-11-7-5-10(6-8-11)16-13(9-15(18)20)12-3-1-2-4-14(12)19-16/h1-8,19H,9H2,(H2,18,20). The van der Waals surface area contributed by atoms with Crippen molar-refractivity contribution in [2.75, 3.05) is 0 Å². The van der Waals surface area contributed by atoms with Crippen molar-refractivity contribution in [2.24, 2.45) is 5.73 Å². The van der Waals surface area contributed by atoms with Crippen LogP contribution < -0.4 is 5.73 Å². The predicted molar refractivity (Wildman–Crippen MR) is 76.6 cm³/mol. The number of carbonyl (C=O) groups is 1. The lowest BCUT2D eigenvalue weighted by molar-refractivity contribution is -0.117. The number of aromatic nitrogens is 1. The Labute approximate surface area is 115 Å². The Balaban J connectivity index is 2.23. The van der Waals surface area contributed by atoms with Gasteiger partial charge in [0.05, 0.1) is 12.1 Å². The summed E-state index contributed by atoms with van der Waals surface area (Å²) in [4.78, 5) is 14.6. The molecule has 0 saturated heterocycles. The number of benzene rings is 2. The third-order valence-corrected chi connectivity index (χ3v) is 3.30. The maximum atomic E-state index is 13.0. The van der Waals surface area contributed by atoms with Crippen molar-refractivity contribution in [3.05, 3.63) is 59.9 Å². The van der Waals surface area contributed by atoms with Crippen molar-refractivity contribution < 1.29 is 9.18 Å². The van der Waals surface area contributed by atoms with Crippen molar-refractivity contribution >= 4 is 16.8 Å². The molecular weight excluding hydrogens is 255 g/mol. The summed E-state index contributed by atoms with van der Waals surface area (Å²) in [5.74, 6) is -0.681. The van der Waals surface area contributed by atoms with Gasteiger partial charge in [0.25, 0.3) is 0 Å². The summed E-state index contributed by atoms with van der Waals surface area (Å²) in [6, 6.07) is 13.9. The molecule has 3 aromatic rings. The maximum absolute atomic E-state index is 13.0. The van der Waals surface area contributed by atoms with Crippen LogP contribution in [0.2, 0.25) is 0 Å². The lowest BCUT2D eigenvalue weighted by atomic mass is 10.0. The summed E-state index contributed by atoms with van der Waals surface area (Å²) < 4.78 is 13.0. The van der Waals surface area contributed by atoms with Crippen LogP contribution in [0.1, 0.15) is 5.56 Å². The molecule has 0 aliphatic heterocycles. The summed E-state index contributed by atoms with van der Waals surface area (Å²) in [5.41, 5.74) is 8.76. The van der Waals surface area contributed by atoms with Crippen LogP contribution in [0, 0.1) is 5.82 Å². The van der Waals surface area contributed by atoms with E-state index in [0.717, 1.165) is 27.7 Å². The molecule has 100 valence electrons. The highest BCUT2D eigenvalue weighted by Gasteiger charge is 2.14. The Morgan fingerprint density at radius 1 is 1.10 bits per heavy atom. The van der Waals surface area contributed by atoms with Crippen LogP contribution in [-0.2, 0) is 11.2 Å². The molecule has 0 radical (unpaired) electrons. The van der Waals surface area contributed by atoms with E-state index in [4.69, 9.17) is 5.73 Å². The second-order valence-electron chi connectivity index (χ2n) is 4.67. The Hall–Kier alpha value is -2.62. The first-order valence-corrected chi connectivity index (χ1v) is 6.29. The molecule has 1 heterocycles. The van der Waals surface area contributed by atoms with E-state index in [1.54, 1.807) is 12.1 Å². The molecule has 0 aliphatic carbocycles. The van der Waals surface area contributed by atoms with Gasteiger partial charge in [-0.1, -0.05) is 18.2 Å². The number of primary amides is 1. The van der Waals surface area contributed by atoms with Crippen LogP contribution in [0.5, 0.6) is 0 Å². The third-order valence-electron chi connectivity index (χ3n) is 3.30. The van der Waals surface area contributed by atoms with Gasteiger partial charge in [0.2, 0.25) is 5.91 Å². The second-order valence-corrected chi connectivity index (χ2v) is 4.67. The molecular formula is C16H13FN2O. The van der Waals surface area contributed by atoms with Gasteiger partial charge < -0.3 is 10.7 Å². The average molecular weight is 268 g/mol. The number of halogens is 1. The number of fused-ring (bicyclic) bond motifs is 1. The van der Waals surface area contributed by atoms with E-state index < -0.39 is 5.91 Å². The monoisotopic (exact) mass is 268 g/mol. The number of aromatic amines is 1. The van der Waals surface area contributed by atoms with Crippen molar-refractivity contribution in [3.63, 3.8) is 0 Å². The van der Waals surface area contributed by atoms with E-state index in [1.165, 1.54) is 12.1 Å². The number of amides is 1. The average Bonchev–Trinajstić information content (AvgIpc) is 2.78. The maximum Gasteiger partial charge on any atom is 0.221 e. The van der Waals surface area contributed by atoms with E-state index in [2.05, 4.69) is 4.98 Å². The second kappa shape index (κ2) is 4.81. The Bertz CT molecular complexity index is 775. The Kier molecular flexibility index (Phi) is 2.99. The highest BCUT2D eigenvalue weighted by molar-refractivity contribution is 5.94. The van der Waals surface area contributed by atoms with Gasteiger partial charge in [0.15, 0.2) is 0 Å². The highest BCUT2D eigenvalue weighted by Crippen LogP contribution is 2.30. The zero-order valence-corrected chi connectivity index (χ0v) is 10.7. The fraction of sp³-hybridized carbons (Fsp3) is 0.0625. The van der Waals surface area contributed by atoms with E-state index in [0.29, 0.717) is 0 Å². The summed E-state index contributed by atoms with van der Waals surface area (Å²) in [6.07, 6.45) is 0.150. The normalized spacial score (nSPS) is 10.8. The van der Waals surface area contributed by atoms with E-state index >= 15 is 0 Å². The van der Waals surface area contributed by atoms with Crippen molar-refractivity contribution in [3.8, 4) is 11.3 Å². The summed E-state index contributed by atoms with van der Waals surface area (Å²) in [6.45, 7) is 0. The Morgan fingerprint density at radius 3 is 2.50 bits per heavy atom. The summed E-state index contributed by atoms with van der Waals surface area (Å²) >= 11 is 0. The van der Waals surface area contributed by atoms with Gasteiger partial charge in [0.1, 0.15) is 5.82 Å². The van der Waals surface area contributed by atoms with Gasteiger partial charge in [-0.3, -0.25) is 4.79 Å². The molecule has 3 N–H and O–H groups in total. The predicted octanol–water partition coefficient (Wildman–Crippen LogP) is 3.00. The number of hydrogen-bond donors (Lipinski definition) is 2. The first-order chi connectivity index (χ1) is 9.65. The molecule has 0 atom stereocenters. The van der Waals surface area contributed by atoms with Crippen molar-refractivity contribution in [2.45, 2.75) is 6.42 Å². The molecule has 1 amide bonds. The van der Waals surface area contributed by atoms with Crippen LogP contribution in [-0.4, -0.2) is 10.9 Å². The van der Waals surface area contributed by atoms with Gasteiger partial charge in [-0.2, -0.15) is 0 Å². The van der Waals surface area contributed by atoms with Gasteiger partial charge in [-0.15, -0.1) is 0 Å². The first-order valence-electron chi connectivity index (χ1n) is 6.29. The summed E-state index contributed by atoms with van der Waals surface area (Å²) in [7, 11) is 0. The number of para-hydroxylation sites is 1. The zero-order valence-electron chi connectivity index (χ0n) is 10.7. The smallest absolute Gasteiger partial charge is 0.221 e. The molecule has 20 heavy (non-hydrogen) atoms. The van der Waals surface area contributed by atoms with E-state index in [-0.39, 0.29) is 12.2 Å². The number of nitrogens with two attached hydrogens (primary N) is 1. The lowest BCUT2D eigenvalue weighted by Gasteiger charge is -2.03. The van der Waals surface area contributed by atoms with Gasteiger partial charge in [-0.05, 0) is 41.5 Å². The van der Waals surface area contributed by atoms with Crippen molar-refractivity contribution in [1.29, 1.82) is 0 Å². The number of hydrogen-bond acceptors (Lipinski definition) is 1. The molecule has 3 rings (SSSR count). The number of carbonyl (C=O) groups excluding carboxylic acids is 1. The van der Waals surface area contributed by atoms with Crippen molar-refractivity contribution in [1.82, 2.24) is 4.98 Å². The fourth-order valence-corrected chi connectivity index (χ4v) is 2.42. The zero-order chi connectivity index (χ0) is 14.1. The molecule has 3 nitrogen and oxygen atoms in total. The molecule has 0 unspecified atom stereocenters. The molecule has 0 aliphatic rings. The SMILES string of the molecule is NC(=O)Cc1c(-c2ccc(F)cc2)[nH]c2ccccc12. The fourth-order valence-electron chi connectivity index (χ4n) is 2.42.